The van der Waals surface area contributed by atoms with E-state index in [1.165, 1.54) is 0 Å². The molecule has 0 aromatic rings. The van der Waals surface area contributed by atoms with Crippen molar-refractivity contribution >= 4 is 5.91 Å². The molecule has 2 N–H and O–H groups in total. The fraction of sp³-hybridized carbons (Fsp3) is 0.611. The SMILES string of the molecule is C=CC[C@@]1(O)CCO[C@]2(C1)C(=O)NC1=CC(CCC)C=CC12. The summed E-state index contributed by atoms with van der Waals surface area (Å²) in [6.07, 6.45) is 11.7. The van der Waals surface area contributed by atoms with Crippen LogP contribution in [-0.2, 0) is 9.53 Å². The normalized spacial score (nSPS) is 40.3. The molecule has 0 radical (unpaired) electrons. The lowest BCUT2D eigenvalue weighted by molar-refractivity contribution is -0.178. The Balaban J connectivity index is 1.88. The second-order valence-electron chi connectivity index (χ2n) is 6.77. The first-order chi connectivity index (χ1) is 10.5. The van der Waals surface area contributed by atoms with Gasteiger partial charge in [-0.2, -0.15) is 0 Å². The first kappa shape index (κ1) is 15.5. The first-order valence-electron chi connectivity index (χ1n) is 8.22. The molecule has 120 valence electrons. The van der Waals surface area contributed by atoms with Gasteiger partial charge in [0, 0.05) is 12.1 Å². The predicted octanol–water partition coefficient (Wildman–Crippen LogP) is 2.46. The number of fused-ring (bicyclic) bond motifs is 2. The number of aliphatic hydroxyl groups is 1. The number of carbonyl (C=O) groups is 1. The molecule has 2 aliphatic heterocycles. The van der Waals surface area contributed by atoms with Gasteiger partial charge in [-0.25, -0.2) is 0 Å². The third kappa shape index (κ3) is 2.44. The minimum Gasteiger partial charge on any atom is -0.389 e. The summed E-state index contributed by atoms with van der Waals surface area (Å²) in [5.41, 5.74) is -0.926. The van der Waals surface area contributed by atoms with Crippen molar-refractivity contribution in [2.75, 3.05) is 6.61 Å². The van der Waals surface area contributed by atoms with E-state index in [0.29, 0.717) is 31.8 Å². The van der Waals surface area contributed by atoms with Crippen LogP contribution in [-0.4, -0.2) is 28.8 Å². The molecule has 2 fully saturated rings. The summed E-state index contributed by atoms with van der Waals surface area (Å²) in [6, 6.07) is 0. The lowest BCUT2D eigenvalue weighted by atomic mass is 9.73. The van der Waals surface area contributed by atoms with E-state index < -0.39 is 11.2 Å². The molecule has 3 rings (SSSR count). The highest BCUT2D eigenvalue weighted by molar-refractivity contribution is 5.92. The van der Waals surface area contributed by atoms with Gasteiger partial charge >= 0.3 is 0 Å². The van der Waals surface area contributed by atoms with E-state index in [2.05, 4.69) is 37.0 Å². The van der Waals surface area contributed by atoms with Crippen LogP contribution in [0.2, 0.25) is 0 Å². The van der Waals surface area contributed by atoms with Gasteiger partial charge < -0.3 is 15.2 Å². The van der Waals surface area contributed by atoms with Gasteiger partial charge in [0.15, 0.2) is 5.60 Å². The average Bonchev–Trinajstić information content (AvgIpc) is 2.71. The Morgan fingerprint density at radius 2 is 2.36 bits per heavy atom. The summed E-state index contributed by atoms with van der Waals surface area (Å²) in [4.78, 5) is 12.6. The van der Waals surface area contributed by atoms with Gasteiger partial charge in [-0.15, -0.1) is 6.58 Å². The van der Waals surface area contributed by atoms with Crippen molar-refractivity contribution in [2.45, 2.75) is 50.2 Å². The Hall–Kier alpha value is -1.39. The van der Waals surface area contributed by atoms with Gasteiger partial charge in [-0.1, -0.05) is 37.6 Å². The van der Waals surface area contributed by atoms with Crippen molar-refractivity contribution < 1.29 is 14.6 Å². The van der Waals surface area contributed by atoms with Gasteiger partial charge in [-0.3, -0.25) is 4.79 Å². The van der Waals surface area contributed by atoms with Crippen LogP contribution < -0.4 is 5.32 Å². The van der Waals surface area contributed by atoms with Crippen LogP contribution >= 0.6 is 0 Å². The molecule has 0 aromatic heterocycles. The Labute approximate surface area is 131 Å². The largest absolute Gasteiger partial charge is 0.389 e. The fourth-order valence-electron chi connectivity index (χ4n) is 4.00. The van der Waals surface area contributed by atoms with Crippen molar-refractivity contribution in [1.29, 1.82) is 0 Å². The molecule has 4 atom stereocenters. The van der Waals surface area contributed by atoms with Crippen molar-refractivity contribution in [3.8, 4) is 0 Å². The highest BCUT2D eigenvalue weighted by atomic mass is 16.5. The lowest BCUT2D eigenvalue weighted by Crippen LogP contribution is -2.55. The van der Waals surface area contributed by atoms with Crippen molar-refractivity contribution in [3.05, 3.63) is 36.6 Å². The Kier molecular flexibility index (Phi) is 4.00. The molecule has 2 heterocycles. The van der Waals surface area contributed by atoms with Crippen LogP contribution in [0.1, 0.15) is 39.0 Å². The zero-order chi connectivity index (χ0) is 15.8. The second-order valence-corrected chi connectivity index (χ2v) is 6.77. The smallest absolute Gasteiger partial charge is 0.257 e. The van der Waals surface area contributed by atoms with Crippen LogP contribution in [0.4, 0.5) is 0 Å². The molecular weight excluding hydrogens is 278 g/mol. The quantitative estimate of drug-likeness (QED) is 0.784. The molecule has 4 nitrogen and oxygen atoms in total. The monoisotopic (exact) mass is 303 g/mol. The fourth-order valence-corrected chi connectivity index (χ4v) is 4.00. The maximum atomic E-state index is 12.6. The molecule has 1 aliphatic carbocycles. The topological polar surface area (TPSA) is 58.6 Å². The van der Waals surface area contributed by atoms with E-state index >= 15 is 0 Å². The number of rotatable bonds is 4. The molecule has 2 unspecified atom stereocenters. The molecular formula is C18H25NO3. The molecule has 22 heavy (non-hydrogen) atoms. The van der Waals surface area contributed by atoms with E-state index in [1.807, 2.05) is 0 Å². The third-order valence-electron chi connectivity index (χ3n) is 5.09. The van der Waals surface area contributed by atoms with Gasteiger partial charge in [-0.05, 0) is 25.2 Å². The zero-order valence-electron chi connectivity index (χ0n) is 13.2. The summed E-state index contributed by atoms with van der Waals surface area (Å²) in [6.45, 7) is 6.28. The minimum atomic E-state index is -0.963. The molecule has 4 heteroatoms. The average molecular weight is 303 g/mol. The lowest BCUT2D eigenvalue weighted by Gasteiger charge is -2.43. The minimum absolute atomic E-state index is 0.107. The van der Waals surface area contributed by atoms with Crippen LogP contribution in [0.15, 0.2) is 36.6 Å². The number of hydrogen-bond donors (Lipinski definition) is 2. The van der Waals surface area contributed by atoms with E-state index in [4.69, 9.17) is 4.74 Å². The highest BCUT2D eigenvalue weighted by Crippen LogP contribution is 2.47. The highest BCUT2D eigenvalue weighted by Gasteiger charge is 2.58. The summed E-state index contributed by atoms with van der Waals surface area (Å²) in [5.74, 6) is 0.153. The van der Waals surface area contributed by atoms with Gasteiger partial charge in [0.25, 0.3) is 5.91 Å². The molecule has 3 aliphatic rings. The van der Waals surface area contributed by atoms with Crippen LogP contribution in [0.5, 0.6) is 0 Å². The number of hydrogen-bond acceptors (Lipinski definition) is 3. The van der Waals surface area contributed by atoms with Crippen molar-refractivity contribution in [1.82, 2.24) is 5.32 Å². The zero-order valence-corrected chi connectivity index (χ0v) is 13.2. The number of nitrogens with one attached hydrogen (secondary N) is 1. The van der Waals surface area contributed by atoms with E-state index in [-0.39, 0.29) is 11.8 Å². The van der Waals surface area contributed by atoms with Crippen LogP contribution in [0.25, 0.3) is 0 Å². The van der Waals surface area contributed by atoms with Gasteiger partial charge in [0.05, 0.1) is 18.1 Å². The predicted molar refractivity (Wildman–Crippen MR) is 84.9 cm³/mol. The Morgan fingerprint density at radius 3 is 3.09 bits per heavy atom. The Bertz CT molecular complexity index is 538. The molecule has 0 saturated carbocycles. The molecule has 2 saturated heterocycles. The first-order valence-corrected chi connectivity index (χ1v) is 8.22. The standard InChI is InChI=1S/C18H25NO3/c1-3-5-13-6-7-14-15(11-13)19-16(20)18(14)12-17(21,8-4-2)9-10-22-18/h4,6-7,11,13-14,21H,2-3,5,8-10,12H2,1H3,(H,19,20)/t13?,14?,17-,18+/m1/s1. The van der Waals surface area contributed by atoms with E-state index in [9.17, 15) is 9.90 Å². The van der Waals surface area contributed by atoms with Gasteiger partial charge in [0.1, 0.15) is 0 Å². The Morgan fingerprint density at radius 1 is 1.55 bits per heavy atom. The molecule has 0 bridgehead atoms. The number of allylic oxidation sites excluding steroid dienone is 2. The van der Waals surface area contributed by atoms with Crippen molar-refractivity contribution in [2.24, 2.45) is 11.8 Å². The second kappa shape index (κ2) is 5.67. The summed E-state index contributed by atoms with van der Waals surface area (Å²) < 4.78 is 5.95. The summed E-state index contributed by atoms with van der Waals surface area (Å²) in [7, 11) is 0. The maximum Gasteiger partial charge on any atom is 0.257 e. The third-order valence-corrected chi connectivity index (χ3v) is 5.09. The maximum absolute atomic E-state index is 12.6. The van der Waals surface area contributed by atoms with Crippen molar-refractivity contribution in [3.63, 3.8) is 0 Å². The van der Waals surface area contributed by atoms with E-state index in [0.717, 1.165) is 18.5 Å². The van der Waals surface area contributed by atoms with E-state index in [1.54, 1.807) is 6.08 Å². The number of amides is 1. The van der Waals surface area contributed by atoms with Crippen LogP contribution in [0, 0.1) is 11.8 Å². The molecule has 0 aromatic carbocycles. The number of carbonyl (C=O) groups excluding carboxylic acids is 1. The summed E-state index contributed by atoms with van der Waals surface area (Å²) in [5, 5.41) is 13.8. The van der Waals surface area contributed by atoms with Crippen LogP contribution in [0.3, 0.4) is 0 Å². The number of ether oxygens (including phenoxy) is 1. The molecule has 1 spiro atoms. The molecule has 1 amide bonds. The van der Waals surface area contributed by atoms with Gasteiger partial charge in [0.2, 0.25) is 0 Å². The summed E-state index contributed by atoms with van der Waals surface area (Å²) >= 11 is 0.